The molecule has 1 aliphatic heterocycles. The molecule has 1 aromatic rings. The highest BCUT2D eigenvalue weighted by Crippen LogP contribution is 2.34. The summed E-state index contributed by atoms with van der Waals surface area (Å²) in [6.07, 6.45) is 0.382. The van der Waals surface area contributed by atoms with Crippen molar-refractivity contribution in [3.63, 3.8) is 0 Å². The molecule has 0 saturated carbocycles. The molecule has 18 heavy (non-hydrogen) atoms. The van der Waals surface area contributed by atoms with E-state index in [0.29, 0.717) is 17.4 Å². The first-order chi connectivity index (χ1) is 8.50. The standard InChI is InChI=1S/C15H22FNO/c1-10(2)12-7-8-17(9-12)14-6-4-5-13(16)15(14)11(3)18/h4-6,10-12,18H,7-9H2,1-3H3/t11-,12?/m1/s1. The Balaban J connectivity index is 2.27. The van der Waals surface area contributed by atoms with Gasteiger partial charge in [0.25, 0.3) is 0 Å². The Morgan fingerprint density at radius 2 is 2.06 bits per heavy atom. The minimum Gasteiger partial charge on any atom is -0.389 e. The van der Waals surface area contributed by atoms with E-state index >= 15 is 0 Å². The van der Waals surface area contributed by atoms with Crippen molar-refractivity contribution in [3.8, 4) is 0 Å². The fourth-order valence-electron chi connectivity index (χ4n) is 2.77. The quantitative estimate of drug-likeness (QED) is 0.890. The summed E-state index contributed by atoms with van der Waals surface area (Å²) in [5.74, 6) is 1.00. The highest BCUT2D eigenvalue weighted by atomic mass is 19.1. The van der Waals surface area contributed by atoms with E-state index in [0.717, 1.165) is 25.2 Å². The molecule has 1 saturated heterocycles. The van der Waals surface area contributed by atoms with Gasteiger partial charge in [-0.2, -0.15) is 0 Å². The minimum absolute atomic E-state index is 0.310. The van der Waals surface area contributed by atoms with Crippen LogP contribution in [0.2, 0.25) is 0 Å². The third kappa shape index (κ3) is 2.51. The van der Waals surface area contributed by atoms with Crippen molar-refractivity contribution in [3.05, 3.63) is 29.6 Å². The van der Waals surface area contributed by atoms with Gasteiger partial charge in [-0.05, 0) is 37.3 Å². The molecule has 2 nitrogen and oxygen atoms in total. The lowest BCUT2D eigenvalue weighted by molar-refractivity contribution is 0.194. The Hall–Kier alpha value is -1.09. The number of aliphatic hydroxyl groups is 1. The number of hydrogen-bond donors (Lipinski definition) is 1. The van der Waals surface area contributed by atoms with Gasteiger partial charge in [-0.25, -0.2) is 4.39 Å². The Labute approximate surface area is 108 Å². The van der Waals surface area contributed by atoms with Crippen molar-refractivity contribution < 1.29 is 9.50 Å². The molecule has 0 bridgehead atoms. The van der Waals surface area contributed by atoms with Gasteiger partial charge in [-0.3, -0.25) is 0 Å². The molecule has 2 rings (SSSR count). The molecular formula is C15H22FNO. The van der Waals surface area contributed by atoms with Gasteiger partial charge >= 0.3 is 0 Å². The molecule has 1 aliphatic rings. The highest BCUT2D eigenvalue weighted by Gasteiger charge is 2.27. The summed E-state index contributed by atoms with van der Waals surface area (Å²) in [4.78, 5) is 2.20. The summed E-state index contributed by atoms with van der Waals surface area (Å²) in [6.45, 7) is 8.00. The average Bonchev–Trinajstić information content (AvgIpc) is 2.77. The van der Waals surface area contributed by atoms with Crippen molar-refractivity contribution in [2.45, 2.75) is 33.3 Å². The fraction of sp³-hybridized carbons (Fsp3) is 0.600. The van der Waals surface area contributed by atoms with Gasteiger partial charge in [0.05, 0.1) is 6.10 Å². The molecule has 0 amide bonds. The Morgan fingerprint density at radius 3 is 2.61 bits per heavy atom. The number of benzene rings is 1. The van der Waals surface area contributed by atoms with E-state index in [2.05, 4.69) is 18.7 Å². The predicted octanol–water partition coefficient (Wildman–Crippen LogP) is 3.36. The van der Waals surface area contributed by atoms with Crippen LogP contribution in [0, 0.1) is 17.7 Å². The molecule has 0 radical (unpaired) electrons. The molecule has 2 atom stereocenters. The summed E-state index contributed by atoms with van der Waals surface area (Å²) in [6, 6.07) is 5.05. The number of rotatable bonds is 3. The predicted molar refractivity (Wildman–Crippen MR) is 72.2 cm³/mol. The lowest BCUT2D eigenvalue weighted by atomic mass is 9.95. The van der Waals surface area contributed by atoms with E-state index in [9.17, 15) is 9.50 Å². The minimum atomic E-state index is -0.765. The molecule has 1 N–H and O–H groups in total. The van der Waals surface area contributed by atoms with Crippen molar-refractivity contribution >= 4 is 5.69 Å². The SMILES string of the molecule is CC(C)C1CCN(c2cccc(F)c2[C@@H](C)O)C1. The summed E-state index contributed by atoms with van der Waals surface area (Å²) >= 11 is 0. The van der Waals surface area contributed by atoms with Crippen molar-refractivity contribution in [2.24, 2.45) is 11.8 Å². The monoisotopic (exact) mass is 251 g/mol. The van der Waals surface area contributed by atoms with Gasteiger partial charge in [-0.15, -0.1) is 0 Å². The molecule has 3 heteroatoms. The zero-order chi connectivity index (χ0) is 13.3. The number of aliphatic hydroxyl groups excluding tert-OH is 1. The molecule has 1 heterocycles. The molecule has 0 spiro atoms. The first-order valence-electron chi connectivity index (χ1n) is 6.72. The van der Waals surface area contributed by atoms with E-state index in [1.165, 1.54) is 6.07 Å². The van der Waals surface area contributed by atoms with Gasteiger partial charge in [0.2, 0.25) is 0 Å². The molecule has 0 aliphatic carbocycles. The smallest absolute Gasteiger partial charge is 0.131 e. The van der Waals surface area contributed by atoms with Gasteiger partial charge < -0.3 is 10.0 Å². The average molecular weight is 251 g/mol. The third-order valence-corrected chi connectivity index (χ3v) is 3.96. The normalized spacial score (nSPS) is 21.7. The second kappa shape index (κ2) is 5.27. The van der Waals surface area contributed by atoms with Crippen LogP contribution in [-0.4, -0.2) is 18.2 Å². The van der Waals surface area contributed by atoms with Gasteiger partial charge in [0, 0.05) is 24.3 Å². The van der Waals surface area contributed by atoms with Crippen molar-refractivity contribution in [1.29, 1.82) is 0 Å². The van der Waals surface area contributed by atoms with Crippen molar-refractivity contribution in [1.82, 2.24) is 0 Å². The molecular weight excluding hydrogens is 229 g/mol. The Kier molecular flexibility index (Phi) is 3.91. The van der Waals surface area contributed by atoms with E-state index in [1.807, 2.05) is 6.07 Å². The maximum atomic E-state index is 13.8. The summed E-state index contributed by atoms with van der Waals surface area (Å²) in [7, 11) is 0. The molecule has 100 valence electrons. The maximum absolute atomic E-state index is 13.8. The molecule has 0 aromatic heterocycles. The Bertz CT molecular complexity index is 417. The largest absolute Gasteiger partial charge is 0.389 e. The van der Waals surface area contributed by atoms with Crippen LogP contribution in [0.1, 0.15) is 38.9 Å². The first-order valence-corrected chi connectivity index (χ1v) is 6.72. The van der Waals surface area contributed by atoms with Gasteiger partial charge in [0.15, 0.2) is 0 Å². The molecule has 1 fully saturated rings. The topological polar surface area (TPSA) is 23.5 Å². The lowest BCUT2D eigenvalue weighted by Crippen LogP contribution is -2.23. The molecule has 1 aromatic carbocycles. The van der Waals surface area contributed by atoms with E-state index < -0.39 is 6.10 Å². The zero-order valence-electron chi connectivity index (χ0n) is 11.4. The summed E-state index contributed by atoms with van der Waals surface area (Å²) in [5.41, 5.74) is 1.29. The summed E-state index contributed by atoms with van der Waals surface area (Å²) in [5, 5.41) is 9.75. The fourth-order valence-corrected chi connectivity index (χ4v) is 2.77. The summed E-state index contributed by atoms with van der Waals surface area (Å²) < 4.78 is 13.8. The number of nitrogens with zero attached hydrogens (tertiary/aromatic N) is 1. The van der Waals surface area contributed by atoms with E-state index in [-0.39, 0.29) is 5.82 Å². The third-order valence-electron chi connectivity index (χ3n) is 3.96. The van der Waals surface area contributed by atoms with Crippen LogP contribution in [0.5, 0.6) is 0 Å². The number of hydrogen-bond acceptors (Lipinski definition) is 2. The Morgan fingerprint density at radius 1 is 1.33 bits per heavy atom. The van der Waals surface area contributed by atoms with E-state index in [4.69, 9.17) is 0 Å². The number of halogens is 1. The van der Waals surface area contributed by atoms with Crippen LogP contribution in [0.3, 0.4) is 0 Å². The van der Waals surface area contributed by atoms with Crippen LogP contribution in [0.4, 0.5) is 10.1 Å². The second-order valence-electron chi connectivity index (χ2n) is 5.59. The second-order valence-corrected chi connectivity index (χ2v) is 5.59. The highest BCUT2D eigenvalue weighted by molar-refractivity contribution is 5.55. The van der Waals surface area contributed by atoms with Crippen LogP contribution >= 0.6 is 0 Å². The van der Waals surface area contributed by atoms with Crippen molar-refractivity contribution in [2.75, 3.05) is 18.0 Å². The first kappa shape index (κ1) is 13.3. The molecule has 1 unspecified atom stereocenters. The van der Waals surface area contributed by atoms with Crippen LogP contribution in [0.25, 0.3) is 0 Å². The van der Waals surface area contributed by atoms with Crippen LogP contribution in [0.15, 0.2) is 18.2 Å². The van der Waals surface area contributed by atoms with Crippen LogP contribution in [-0.2, 0) is 0 Å². The maximum Gasteiger partial charge on any atom is 0.131 e. The van der Waals surface area contributed by atoms with Crippen LogP contribution < -0.4 is 4.90 Å². The van der Waals surface area contributed by atoms with Gasteiger partial charge in [-0.1, -0.05) is 19.9 Å². The zero-order valence-corrected chi connectivity index (χ0v) is 11.4. The van der Waals surface area contributed by atoms with Gasteiger partial charge in [0.1, 0.15) is 5.82 Å². The van der Waals surface area contributed by atoms with E-state index in [1.54, 1.807) is 13.0 Å². The lowest BCUT2D eigenvalue weighted by Gasteiger charge is -2.24. The number of anilines is 1.